The molecule has 0 aliphatic heterocycles. The van der Waals surface area contributed by atoms with Gasteiger partial charge in [-0.05, 0) is 48.7 Å². The average Bonchev–Trinajstić information content (AvgIpc) is 3.28. The molecular weight excluding hydrogens is 342 g/mol. The number of rotatable bonds is 8. The van der Waals surface area contributed by atoms with Crippen LogP contribution in [0.4, 0.5) is 5.69 Å². The lowest BCUT2D eigenvalue weighted by atomic mass is 10.2. The van der Waals surface area contributed by atoms with Crippen molar-refractivity contribution in [3.05, 3.63) is 54.6 Å². The normalized spacial score (nSPS) is 11.1. The van der Waals surface area contributed by atoms with Gasteiger partial charge in [0.05, 0.1) is 6.26 Å². The number of nitrogens with zero attached hydrogens (tertiary/aromatic N) is 1. The van der Waals surface area contributed by atoms with Crippen LogP contribution in [-0.2, 0) is 11.3 Å². The van der Waals surface area contributed by atoms with Crippen molar-refractivity contribution >= 4 is 28.4 Å². The number of benzene rings is 1. The first-order valence-electron chi connectivity index (χ1n) is 9.23. The topological polar surface area (TPSA) is 76.3 Å². The van der Waals surface area contributed by atoms with Crippen molar-refractivity contribution < 1.29 is 14.0 Å². The summed E-state index contributed by atoms with van der Waals surface area (Å²) < 4.78 is 7.25. The summed E-state index contributed by atoms with van der Waals surface area (Å²) in [5.74, 6) is 0.519. The Labute approximate surface area is 158 Å². The van der Waals surface area contributed by atoms with Gasteiger partial charge < -0.3 is 19.6 Å². The highest BCUT2D eigenvalue weighted by Gasteiger charge is 2.09. The van der Waals surface area contributed by atoms with Crippen LogP contribution >= 0.6 is 0 Å². The van der Waals surface area contributed by atoms with E-state index in [1.165, 1.54) is 11.8 Å². The van der Waals surface area contributed by atoms with Crippen LogP contribution in [0.5, 0.6) is 0 Å². The van der Waals surface area contributed by atoms with E-state index in [2.05, 4.69) is 41.3 Å². The number of amides is 2. The van der Waals surface area contributed by atoms with Crippen molar-refractivity contribution in [3.8, 4) is 0 Å². The quantitative estimate of drug-likeness (QED) is 0.590. The molecule has 0 atom stereocenters. The summed E-state index contributed by atoms with van der Waals surface area (Å²) in [6.45, 7) is 5.78. The second-order valence-corrected chi connectivity index (χ2v) is 7.02. The first-order chi connectivity index (χ1) is 13.0. The molecular formula is C21H25N3O3. The Balaban J connectivity index is 1.47. The van der Waals surface area contributed by atoms with Gasteiger partial charge in [-0.25, -0.2) is 0 Å². The Hall–Kier alpha value is -3.02. The lowest BCUT2D eigenvalue weighted by Crippen LogP contribution is -2.25. The Bertz CT molecular complexity index is 910. The van der Waals surface area contributed by atoms with E-state index in [1.54, 1.807) is 12.1 Å². The molecule has 3 aromatic rings. The molecule has 142 valence electrons. The van der Waals surface area contributed by atoms with Crippen LogP contribution in [0.15, 0.2) is 53.3 Å². The molecule has 6 heteroatoms. The predicted molar refractivity (Wildman–Crippen MR) is 106 cm³/mol. The molecule has 2 amide bonds. The number of carbonyl (C=O) groups excluding carboxylic acids is 2. The molecule has 2 N–H and O–H groups in total. The smallest absolute Gasteiger partial charge is 0.286 e. The number of anilines is 1. The zero-order chi connectivity index (χ0) is 19.2. The molecule has 0 aliphatic rings. The minimum atomic E-state index is -0.267. The van der Waals surface area contributed by atoms with Gasteiger partial charge in [-0.15, -0.1) is 0 Å². The third-order valence-corrected chi connectivity index (χ3v) is 4.23. The average molecular weight is 367 g/mol. The summed E-state index contributed by atoms with van der Waals surface area (Å²) in [4.78, 5) is 23.9. The minimum absolute atomic E-state index is 0.0665. The van der Waals surface area contributed by atoms with Gasteiger partial charge in [0, 0.05) is 42.3 Å². The van der Waals surface area contributed by atoms with Crippen molar-refractivity contribution in [1.29, 1.82) is 0 Å². The van der Waals surface area contributed by atoms with E-state index in [9.17, 15) is 9.59 Å². The fourth-order valence-electron chi connectivity index (χ4n) is 3.00. The highest BCUT2D eigenvalue weighted by Crippen LogP contribution is 2.21. The first kappa shape index (κ1) is 18.8. The molecule has 0 unspecified atom stereocenters. The lowest BCUT2D eigenvalue weighted by molar-refractivity contribution is -0.116. The fraction of sp³-hybridized carbons (Fsp3) is 0.333. The van der Waals surface area contributed by atoms with Gasteiger partial charge in [-0.1, -0.05) is 13.8 Å². The number of nitrogens with one attached hydrogen (secondary N) is 2. The second-order valence-electron chi connectivity index (χ2n) is 7.02. The minimum Gasteiger partial charge on any atom is -0.459 e. The number of fused-ring (bicyclic) bond motifs is 1. The second kappa shape index (κ2) is 8.58. The van der Waals surface area contributed by atoms with Gasteiger partial charge in [-0.3, -0.25) is 9.59 Å². The van der Waals surface area contributed by atoms with Gasteiger partial charge in [-0.2, -0.15) is 0 Å². The van der Waals surface area contributed by atoms with Crippen molar-refractivity contribution in [2.45, 2.75) is 33.2 Å². The van der Waals surface area contributed by atoms with E-state index in [1.807, 2.05) is 18.2 Å². The molecule has 0 saturated carbocycles. The van der Waals surface area contributed by atoms with Crippen LogP contribution in [0.1, 0.15) is 37.2 Å². The van der Waals surface area contributed by atoms with Crippen LogP contribution in [0.3, 0.4) is 0 Å². The van der Waals surface area contributed by atoms with Crippen molar-refractivity contribution in [2.24, 2.45) is 5.92 Å². The molecule has 1 aromatic carbocycles. The molecule has 0 radical (unpaired) electrons. The number of carbonyl (C=O) groups is 2. The SMILES string of the molecule is CC(C)Cn1ccc2cc(NC(=O)CCCNC(=O)c3ccco3)ccc21. The highest BCUT2D eigenvalue weighted by atomic mass is 16.3. The van der Waals surface area contributed by atoms with Gasteiger partial charge in [0.1, 0.15) is 0 Å². The Kier molecular flexibility index (Phi) is 5.96. The highest BCUT2D eigenvalue weighted by molar-refractivity contribution is 5.94. The monoisotopic (exact) mass is 367 g/mol. The van der Waals surface area contributed by atoms with Crippen molar-refractivity contribution in [1.82, 2.24) is 9.88 Å². The summed E-state index contributed by atoms with van der Waals surface area (Å²) in [6.07, 6.45) is 4.43. The zero-order valence-electron chi connectivity index (χ0n) is 15.7. The van der Waals surface area contributed by atoms with E-state index >= 15 is 0 Å². The Morgan fingerprint density at radius 3 is 2.78 bits per heavy atom. The summed E-state index contributed by atoms with van der Waals surface area (Å²) in [6, 6.07) is 11.3. The lowest BCUT2D eigenvalue weighted by Gasteiger charge is -2.09. The molecule has 3 rings (SSSR count). The maximum Gasteiger partial charge on any atom is 0.286 e. The van der Waals surface area contributed by atoms with Crippen molar-refractivity contribution in [3.63, 3.8) is 0 Å². The van der Waals surface area contributed by atoms with E-state index in [0.29, 0.717) is 25.3 Å². The van der Waals surface area contributed by atoms with E-state index in [0.717, 1.165) is 17.6 Å². The Morgan fingerprint density at radius 1 is 1.19 bits per heavy atom. The number of hydrogen-bond acceptors (Lipinski definition) is 3. The van der Waals surface area contributed by atoms with Crippen LogP contribution in [0.25, 0.3) is 10.9 Å². The molecule has 0 aliphatic carbocycles. The predicted octanol–water partition coefficient (Wildman–Crippen LogP) is 4.04. The number of hydrogen-bond donors (Lipinski definition) is 2. The summed E-state index contributed by atoms with van der Waals surface area (Å²) in [5.41, 5.74) is 1.96. The van der Waals surface area contributed by atoms with Crippen LogP contribution < -0.4 is 10.6 Å². The first-order valence-corrected chi connectivity index (χ1v) is 9.23. The zero-order valence-corrected chi connectivity index (χ0v) is 15.7. The molecule has 2 aromatic heterocycles. The molecule has 0 spiro atoms. The molecule has 0 bridgehead atoms. The van der Waals surface area contributed by atoms with Crippen LogP contribution in [-0.4, -0.2) is 22.9 Å². The number of aromatic nitrogens is 1. The van der Waals surface area contributed by atoms with E-state index in [-0.39, 0.29) is 17.6 Å². The standard InChI is InChI=1S/C21H25N3O3/c1-15(2)14-24-11-9-16-13-17(7-8-18(16)24)23-20(25)6-3-10-22-21(26)19-5-4-12-27-19/h4-5,7-9,11-13,15H,3,6,10,14H2,1-2H3,(H,22,26)(H,23,25). The summed E-state index contributed by atoms with van der Waals surface area (Å²) in [7, 11) is 0. The van der Waals surface area contributed by atoms with E-state index < -0.39 is 0 Å². The number of furan rings is 1. The van der Waals surface area contributed by atoms with Gasteiger partial charge in [0.15, 0.2) is 5.76 Å². The third kappa shape index (κ3) is 5.00. The van der Waals surface area contributed by atoms with Crippen LogP contribution in [0, 0.1) is 5.92 Å². The van der Waals surface area contributed by atoms with Crippen LogP contribution in [0.2, 0.25) is 0 Å². The van der Waals surface area contributed by atoms with Gasteiger partial charge in [0.25, 0.3) is 5.91 Å². The molecule has 6 nitrogen and oxygen atoms in total. The summed E-state index contributed by atoms with van der Waals surface area (Å²) >= 11 is 0. The molecule has 0 fully saturated rings. The molecule has 27 heavy (non-hydrogen) atoms. The molecule has 0 saturated heterocycles. The van der Waals surface area contributed by atoms with E-state index in [4.69, 9.17) is 4.42 Å². The maximum absolute atomic E-state index is 12.1. The fourth-order valence-corrected chi connectivity index (χ4v) is 3.00. The molecule has 2 heterocycles. The largest absolute Gasteiger partial charge is 0.459 e. The summed E-state index contributed by atoms with van der Waals surface area (Å²) in [5, 5.41) is 6.76. The van der Waals surface area contributed by atoms with Gasteiger partial charge in [0.2, 0.25) is 5.91 Å². The third-order valence-electron chi connectivity index (χ3n) is 4.23. The Morgan fingerprint density at radius 2 is 2.04 bits per heavy atom. The van der Waals surface area contributed by atoms with Gasteiger partial charge >= 0.3 is 0 Å². The van der Waals surface area contributed by atoms with Crippen molar-refractivity contribution in [2.75, 3.05) is 11.9 Å². The maximum atomic E-state index is 12.1.